The third-order valence-corrected chi connectivity index (χ3v) is 4.71. The Hall–Kier alpha value is -3.60. The Morgan fingerprint density at radius 3 is 2.33 bits per heavy atom. The third kappa shape index (κ3) is 5.26. The average Bonchev–Trinajstić information content (AvgIpc) is 2.76. The number of hydrogen-bond acceptors (Lipinski definition) is 3. The van der Waals surface area contributed by atoms with E-state index in [1.54, 1.807) is 36.1 Å². The fourth-order valence-electron chi connectivity index (χ4n) is 3.06. The number of aryl methyl sites for hydroxylation is 1. The molecule has 3 aromatic rings. The first kappa shape index (κ1) is 21.1. The van der Waals surface area contributed by atoms with Gasteiger partial charge in [-0.25, -0.2) is 0 Å². The maximum atomic E-state index is 13.0. The van der Waals surface area contributed by atoms with Crippen molar-refractivity contribution in [2.45, 2.75) is 26.9 Å². The normalized spacial score (nSPS) is 11.4. The van der Waals surface area contributed by atoms with Crippen LogP contribution in [-0.2, 0) is 4.79 Å². The summed E-state index contributed by atoms with van der Waals surface area (Å²) < 4.78 is 5.71. The van der Waals surface area contributed by atoms with Crippen molar-refractivity contribution < 1.29 is 14.3 Å². The Morgan fingerprint density at radius 2 is 1.67 bits per heavy atom. The molecule has 0 aromatic heterocycles. The van der Waals surface area contributed by atoms with Crippen molar-refractivity contribution in [1.82, 2.24) is 0 Å². The molecule has 3 aromatic carbocycles. The zero-order valence-corrected chi connectivity index (χ0v) is 17.5. The van der Waals surface area contributed by atoms with Crippen LogP contribution < -0.4 is 15.0 Å². The zero-order valence-electron chi connectivity index (χ0n) is 17.5. The smallest absolute Gasteiger partial charge is 0.265 e. The molecule has 0 aliphatic rings. The van der Waals surface area contributed by atoms with Gasteiger partial charge < -0.3 is 15.0 Å². The molecule has 5 heteroatoms. The topological polar surface area (TPSA) is 58.6 Å². The lowest BCUT2D eigenvalue weighted by Gasteiger charge is -2.21. The summed E-state index contributed by atoms with van der Waals surface area (Å²) in [5, 5.41) is 2.83. The van der Waals surface area contributed by atoms with Crippen molar-refractivity contribution >= 4 is 23.2 Å². The highest BCUT2D eigenvalue weighted by molar-refractivity contribution is 6.07. The molecule has 2 amide bonds. The van der Waals surface area contributed by atoms with Crippen molar-refractivity contribution in [3.8, 4) is 5.75 Å². The van der Waals surface area contributed by atoms with Gasteiger partial charge in [0.1, 0.15) is 5.75 Å². The van der Waals surface area contributed by atoms with Gasteiger partial charge in [-0.05, 0) is 63.2 Å². The maximum Gasteiger partial charge on any atom is 0.265 e. The molecule has 0 heterocycles. The van der Waals surface area contributed by atoms with Crippen LogP contribution in [0.3, 0.4) is 0 Å². The molecule has 0 fully saturated rings. The van der Waals surface area contributed by atoms with E-state index in [4.69, 9.17) is 4.74 Å². The van der Waals surface area contributed by atoms with Crippen LogP contribution in [0.15, 0.2) is 78.9 Å². The Morgan fingerprint density at radius 1 is 0.967 bits per heavy atom. The molecule has 30 heavy (non-hydrogen) atoms. The lowest BCUT2D eigenvalue weighted by atomic mass is 10.1. The molecule has 3 rings (SSSR count). The first-order valence-electron chi connectivity index (χ1n) is 9.99. The summed E-state index contributed by atoms with van der Waals surface area (Å²) >= 11 is 0. The van der Waals surface area contributed by atoms with Crippen LogP contribution in [0.4, 0.5) is 11.4 Å². The first-order chi connectivity index (χ1) is 14.5. The fraction of sp³-hybridized carbons (Fsp3) is 0.200. The molecule has 0 spiro atoms. The second-order valence-corrected chi connectivity index (χ2v) is 7.03. The second-order valence-electron chi connectivity index (χ2n) is 7.03. The molecule has 1 N–H and O–H groups in total. The molecule has 0 bridgehead atoms. The number of anilines is 2. The van der Waals surface area contributed by atoms with Crippen molar-refractivity contribution in [2.24, 2.45) is 0 Å². The highest BCUT2D eigenvalue weighted by Crippen LogP contribution is 2.19. The third-order valence-electron chi connectivity index (χ3n) is 4.71. The molecule has 0 saturated heterocycles. The predicted octanol–water partition coefficient (Wildman–Crippen LogP) is 5.07. The summed E-state index contributed by atoms with van der Waals surface area (Å²) in [7, 11) is 0. The summed E-state index contributed by atoms with van der Waals surface area (Å²) in [5.41, 5.74) is 3.01. The van der Waals surface area contributed by atoms with Crippen LogP contribution in [0.2, 0.25) is 0 Å². The van der Waals surface area contributed by atoms with E-state index in [9.17, 15) is 9.59 Å². The number of para-hydroxylation sites is 1. The van der Waals surface area contributed by atoms with Gasteiger partial charge in [0.05, 0.1) is 0 Å². The number of amides is 2. The summed E-state index contributed by atoms with van der Waals surface area (Å²) in [4.78, 5) is 27.2. The lowest BCUT2D eigenvalue weighted by Crippen LogP contribution is -2.31. The Labute approximate surface area is 177 Å². The van der Waals surface area contributed by atoms with Crippen molar-refractivity contribution in [3.63, 3.8) is 0 Å². The number of benzene rings is 3. The summed E-state index contributed by atoms with van der Waals surface area (Å²) in [5.74, 6) is 0.230. The van der Waals surface area contributed by atoms with E-state index in [1.165, 1.54) is 0 Å². The van der Waals surface area contributed by atoms with E-state index in [2.05, 4.69) is 5.32 Å². The van der Waals surface area contributed by atoms with Crippen LogP contribution in [-0.4, -0.2) is 24.5 Å². The van der Waals surface area contributed by atoms with Crippen LogP contribution in [0, 0.1) is 6.92 Å². The van der Waals surface area contributed by atoms with E-state index in [0.29, 0.717) is 23.5 Å². The summed E-state index contributed by atoms with van der Waals surface area (Å²) in [6.07, 6.45) is -0.677. The largest absolute Gasteiger partial charge is 0.481 e. The highest BCUT2D eigenvalue weighted by Gasteiger charge is 2.18. The number of carbonyl (C=O) groups excluding carboxylic acids is 2. The maximum absolute atomic E-state index is 13.0. The number of hydrogen-bond donors (Lipinski definition) is 1. The number of nitrogens with one attached hydrogen (secondary N) is 1. The summed E-state index contributed by atoms with van der Waals surface area (Å²) in [6.45, 7) is 6.16. The lowest BCUT2D eigenvalue weighted by molar-refractivity contribution is -0.122. The number of rotatable bonds is 7. The van der Waals surface area contributed by atoms with Gasteiger partial charge in [-0.3, -0.25) is 9.59 Å². The molecule has 0 saturated carbocycles. The number of nitrogens with zero attached hydrogens (tertiary/aromatic N) is 1. The van der Waals surface area contributed by atoms with Gasteiger partial charge in [-0.2, -0.15) is 0 Å². The van der Waals surface area contributed by atoms with Gasteiger partial charge in [0.15, 0.2) is 6.10 Å². The molecule has 0 radical (unpaired) electrons. The Bertz CT molecular complexity index is 1000. The minimum Gasteiger partial charge on any atom is -0.481 e. The zero-order chi connectivity index (χ0) is 21.5. The molecule has 5 nitrogen and oxygen atoms in total. The molecule has 1 atom stereocenters. The number of carbonyl (C=O) groups is 2. The van der Waals surface area contributed by atoms with Gasteiger partial charge in [0, 0.05) is 23.5 Å². The van der Waals surface area contributed by atoms with E-state index in [1.807, 2.05) is 68.4 Å². The van der Waals surface area contributed by atoms with Crippen molar-refractivity contribution in [3.05, 3.63) is 90.0 Å². The van der Waals surface area contributed by atoms with E-state index in [-0.39, 0.29) is 11.8 Å². The quantitative estimate of drug-likeness (QED) is 0.600. The standard InChI is InChI=1S/C25H26N2O3/c1-4-27(22-11-6-5-7-12-22)25(29)20-9-8-10-21(17-20)26-24(28)19(3)30-23-15-13-18(2)14-16-23/h5-17,19H,4H2,1-3H3,(H,26,28). The van der Waals surface area contributed by atoms with Gasteiger partial charge in [-0.15, -0.1) is 0 Å². The fourth-order valence-corrected chi connectivity index (χ4v) is 3.06. The average molecular weight is 402 g/mol. The molecule has 0 aliphatic carbocycles. The Balaban J connectivity index is 1.69. The van der Waals surface area contributed by atoms with E-state index in [0.717, 1.165) is 11.3 Å². The van der Waals surface area contributed by atoms with Crippen LogP contribution in [0.1, 0.15) is 29.8 Å². The van der Waals surface area contributed by atoms with Crippen molar-refractivity contribution in [1.29, 1.82) is 0 Å². The van der Waals surface area contributed by atoms with Gasteiger partial charge in [-0.1, -0.05) is 42.0 Å². The predicted molar refractivity (Wildman–Crippen MR) is 120 cm³/mol. The minimum atomic E-state index is -0.677. The van der Waals surface area contributed by atoms with Gasteiger partial charge in [0.2, 0.25) is 0 Å². The van der Waals surface area contributed by atoms with Crippen LogP contribution in [0.5, 0.6) is 5.75 Å². The molecule has 1 unspecified atom stereocenters. The molecule has 0 aliphatic heterocycles. The Kier molecular flexibility index (Phi) is 6.86. The first-order valence-corrected chi connectivity index (χ1v) is 9.99. The van der Waals surface area contributed by atoms with E-state index < -0.39 is 6.10 Å². The van der Waals surface area contributed by atoms with Crippen LogP contribution >= 0.6 is 0 Å². The van der Waals surface area contributed by atoms with Crippen molar-refractivity contribution in [2.75, 3.05) is 16.8 Å². The highest BCUT2D eigenvalue weighted by atomic mass is 16.5. The van der Waals surface area contributed by atoms with Crippen LogP contribution in [0.25, 0.3) is 0 Å². The SMILES string of the molecule is CCN(C(=O)c1cccc(NC(=O)C(C)Oc2ccc(C)cc2)c1)c1ccccc1. The number of ether oxygens (including phenoxy) is 1. The minimum absolute atomic E-state index is 0.122. The summed E-state index contributed by atoms with van der Waals surface area (Å²) in [6, 6.07) is 24.0. The van der Waals surface area contributed by atoms with Gasteiger partial charge in [0.25, 0.3) is 11.8 Å². The molecular formula is C25H26N2O3. The molecule has 154 valence electrons. The van der Waals surface area contributed by atoms with E-state index >= 15 is 0 Å². The molecular weight excluding hydrogens is 376 g/mol. The van der Waals surface area contributed by atoms with Gasteiger partial charge >= 0.3 is 0 Å². The second kappa shape index (κ2) is 9.74. The monoisotopic (exact) mass is 402 g/mol.